The van der Waals surface area contributed by atoms with Gasteiger partial charge in [0.1, 0.15) is 0 Å². The summed E-state index contributed by atoms with van der Waals surface area (Å²) in [6.45, 7) is 3.49. The van der Waals surface area contributed by atoms with Gasteiger partial charge in [-0.3, -0.25) is 0 Å². The summed E-state index contributed by atoms with van der Waals surface area (Å²) in [5.74, 6) is 0. The molecule has 1 aromatic carbocycles. The first-order valence-corrected chi connectivity index (χ1v) is 6.54. The van der Waals surface area contributed by atoms with Crippen molar-refractivity contribution in [3.63, 3.8) is 0 Å². The second-order valence-electron chi connectivity index (χ2n) is 4.19. The lowest BCUT2D eigenvalue weighted by Crippen LogP contribution is -1.99. The van der Waals surface area contributed by atoms with Crippen LogP contribution < -0.4 is 0 Å². The van der Waals surface area contributed by atoms with Crippen LogP contribution in [0.4, 0.5) is 0 Å². The Hall–Kier alpha value is -1.35. The number of aryl methyl sites for hydroxylation is 1. The molecule has 0 unspecified atom stereocenters. The Balaban J connectivity index is 1.83. The molecule has 0 saturated carbocycles. The Morgan fingerprint density at radius 1 is 0.889 bits per heavy atom. The number of hydrogen-bond acceptors (Lipinski definition) is 3. The summed E-state index contributed by atoms with van der Waals surface area (Å²) < 4.78 is 10.0. The van der Waals surface area contributed by atoms with Gasteiger partial charge in [-0.1, -0.05) is 30.3 Å². The minimum absolute atomic E-state index is 0.470. The maximum atomic E-state index is 9.76. The molecule has 0 N–H and O–H groups in total. The molecule has 99 valence electrons. The van der Waals surface area contributed by atoms with Crippen molar-refractivity contribution in [3.8, 4) is 0 Å². The molecule has 0 fully saturated rings. The van der Waals surface area contributed by atoms with Crippen LogP contribution in [-0.2, 0) is 20.7 Å². The van der Waals surface area contributed by atoms with Crippen LogP contribution in [0.5, 0.6) is 0 Å². The highest BCUT2D eigenvalue weighted by molar-refractivity contribution is 5.37. The van der Waals surface area contributed by atoms with Crippen LogP contribution in [0.3, 0.4) is 0 Å². The van der Waals surface area contributed by atoms with E-state index in [1.807, 2.05) is 6.07 Å². The number of rotatable bonds is 11. The normalized spacial score (nSPS) is 10.2. The zero-order chi connectivity index (χ0) is 12.9. The molecular formula is C15H21O3. The molecule has 0 aliphatic heterocycles. The molecule has 0 atom stereocenters. The third kappa shape index (κ3) is 7.85. The molecule has 3 nitrogen and oxygen atoms in total. The van der Waals surface area contributed by atoms with E-state index < -0.39 is 0 Å². The molecule has 0 aliphatic rings. The van der Waals surface area contributed by atoms with Crippen molar-refractivity contribution in [3.05, 3.63) is 35.9 Å². The van der Waals surface area contributed by atoms with Crippen molar-refractivity contribution < 1.29 is 14.3 Å². The Kier molecular flexibility index (Phi) is 8.81. The smallest absolute Gasteiger partial charge is 0.417 e. The van der Waals surface area contributed by atoms with Gasteiger partial charge in [-0.25, -0.2) is 4.79 Å². The molecule has 0 aromatic heterocycles. The van der Waals surface area contributed by atoms with E-state index in [-0.39, 0.29) is 0 Å². The highest BCUT2D eigenvalue weighted by Crippen LogP contribution is 2.03. The van der Waals surface area contributed by atoms with Crippen molar-refractivity contribution in [2.24, 2.45) is 0 Å². The van der Waals surface area contributed by atoms with E-state index in [0.717, 1.165) is 45.3 Å². The van der Waals surface area contributed by atoms with Crippen molar-refractivity contribution in [1.82, 2.24) is 0 Å². The first kappa shape index (κ1) is 14.7. The van der Waals surface area contributed by atoms with E-state index >= 15 is 0 Å². The number of hydrogen-bond donors (Lipinski definition) is 0. The van der Waals surface area contributed by atoms with Crippen molar-refractivity contribution in [2.75, 3.05) is 19.8 Å². The Labute approximate surface area is 109 Å². The summed E-state index contributed by atoms with van der Waals surface area (Å²) in [5.41, 5.74) is 1.36. The van der Waals surface area contributed by atoms with Crippen molar-refractivity contribution >= 4 is 6.47 Å². The monoisotopic (exact) mass is 249 g/mol. The van der Waals surface area contributed by atoms with Gasteiger partial charge in [0.2, 0.25) is 0 Å². The van der Waals surface area contributed by atoms with E-state index in [1.54, 1.807) is 0 Å². The molecular weight excluding hydrogens is 228 g/mol. The van der Waals surface area contributed by atoms with Gasteiger partial charge in [-0.15, -0.1) is 0 Å². The van der Waals surface area contributed by atoms with Gasteiger partial charge < -0.3 is 9.47 Å². The van der Waals surface area contributed by atoms with Gasteiger partial charge in [0, 0.05) is 13.2 Å². The van der Waals surface area contributed by atoms with E-state index in [0.29, 0.717) is 6.61 Å². The fourth-order valence-corrected chi connectivity index (χ4v) is 1.72. The van der Waals surface area contributed by atoms with Gasteiger partial charge in [0.05, 0.1) is 6.61 Å². The quantitative estimate of drug-likeness (QED) is 0.566. The largest absolute Gasteiger partial charge is 0.457 e. The number of ether oxygens (including phenoxy) is 2. The van der Waals surface area contributed by atoms with E-state index in [9.17, 15) is 4.79 Å². The fraction of sp³-hybridized carbons (Fsp3) is 0.533. The first-order chi connectivity index (χ1) is 8.93. The third-order valence-electron chi connectivity index (χ3n) is 2.69. The van der Waals surface area contributed by atoms with Gasteiger partial charge in [0.15, 0.2) is 0 Å². The predicted octanol–water partition coefficient (Wildman–Crippen LogP) is 2.89. The summed E-state index contributed by atoms with van der Waals surface area (Å²) in [7, 11) is 0. The van der Waals surface area contributed by atoms with E-state index in [2.05, 4.69) is 29.0 Å². The van der Waals surface area contributed by atoms with Crippen LogP contribution in [0.2, 0.25) is 0 Å². The molecule has 18 heavy (non-hydrogen) atoms. The van der Waals surface area contributed by atoms with Crippen molar-refractivity contribution in [1.29, 1.82) is 0 Å². The first-order valence-electron chi connectivity index (χ1n) is 6.54. The average molecular weight is 249 g/mol. The molecule has 0 aliphatic carbocycles. The van der Waals surface area contributed by atoms with E-state index in [1.165, 1.54) is 12.0 Å². The highest BCUT2D eigenvalue weighted by atomic mass is 16.5. The maximum absolute atomic E-state index is 9.76. The summed E-state index contributed by atoms with van der Waals surface area (Å²) in [6, 6.07) is 10.4. The second-order valence-corrected chi connectivity index (χ2v) is 4.19. The highest BCUT2D eigenvalue weighted by Gasteiger charge is 1.94. The molecule has 3 heteroatoms. The number of benzene rings is 1. The fourth-order valence-electron chi connectivity index (χ4n) is 1.72. The average Bonchev–Trinajstić information content (AvgIpc) is 2.42. The lowest BCUT2D eigenvalue weighted by atomic mass is 10.1. The Morgan fingerprint density at radius 3 is 2.39 bits per heavy atom. The molecule has 1 radical (unpaired) electrons. The summed E-state index contributed by atoms with van der Waals surface area (Å²) >= 11 is 0. The maximum Gasteiger partial charge on any atom is 0.417 e. The lowest BCUT2D eigenvalue weighted by molar-refractivity contribution is 0.126. The predicted molar refractivity (Wildman–Crippen MR) is 71.1 cm³/mol. The molecule has 0 bridgehead atoms. The van der Waals surface area contributed by atoms with Gasteiger partial charge in [0.25, 0.3) is 0 Å². The zero-order valence-corrected chi connectivity index (χ0v) is 10.8. The summed E-state index contributed by atoms with van der Waals surface area (Å²) in [4.78, 5) is 9.76. The van der Waals surface area contributed by atoms with Crippen molar-refractivity contribution in [2.45, 2.75) is 32.1 Å². The van der Waals surface area contributed by atoms with Crippen LogP contribution in [-0.4, -0.2) is 26.3 Å². The van der Waals surface area contributed by atoms with Crippen LogP contribution in [0.1, 0.15) is 31.2 Å². The summed E-state index contributed by atoms with van der Waals surface area (Å²) in [6.07, 6.45) is 5.08. The third-order valence-corrected chi connectivity index (χ3v) is 2.69. The van der Waals surface area contributed by atoms with Gasteiger partial charge >= 0.3 is 6.47 Å². The van der Waals surface area contributed by atoms with Crippen LogP contribution in [0, 0.1) is 0 Å². The topological polar surface area (TPSA) is 35.5 Å². The molecule has 0 spiro atoms. The minimum atomic E-state index is 0.470. The number of carbonyl (C=O) groups excluding carboxylic acids is 1. The van der Waals surface area contributed by atoms with Crippen LogP contribution in [0.15, 0.2) is 30.3 Å². The standard InChI is InChI=1S/C15H21O3/c16-14-18-12-6-2-5-11-17-13-7-10-15-8-3-1-4-9-15/h1,3-4,8-9H,2,5-7,10-13H2. The molecule has 0 amide bonds. The van der Waals surface area contributed by atoms with Crippen LogP contribution >= 0.6 is 0 Å². The minimum Gasteiger partial charge on any atom is -0.457 e. The Morgan fingerprint density at radius 2 is 1.61 bits per heavy atom. The summed E-state index contributed by atoms with van der Waals surface area (Å²) in [5, 5.41) is 0. The van der Waals surface area contributed by atoms with E-state index in [4.69, 9.17) is 4.74 Å². The van der Waals surface area contributed by atoms with Crippen LogP contribution in [0.25, 0.3) is 0 Å². The SMILES string of the molecule is O=[C]OCCCCCOCCCc1ccccc1. The Bertz CT molecular complexity index is 298. The number of unbranched alkanes of at least 4 members (excludes halogenated alkanes) is 2. The van der Waals surface area contributed by atoms with Gasteiger partial charge in [-0.05, 0) is 37.7 Å². The molecule has 0 saturated heterocycles. The van der Waals surface area contributed by atoms with Gasteiger partial charge in [-0.2, -0.15) is 0 Å². The molecule has 1 rings (SSSR count). The zero-order valence-electron chi connectivity index (χ0n) is 10.8. The second kappa shape index (κ2) is 10.8. The molecule has 1 aromatic rings. The lowest BCUT2D eigenvalue weighted by Gasteiger charge is -2.04. The molecule has 0 heterocycles.